The van der Waals surface area contributed by atoms with Crippen molar-refractivity contribution in [2.75, 3.05) is 11.9 Å². The number of carbonyl (C=O) groups is 2. The number of rotatable bonds is 5. The molecule has 0 fully saturated rings. The molecule has 0 aliphatic heterocycles. The van der Waals surface area contributed by atoms with Crippen LogP contribution in [0, 0.1) is 0 Å². The van der Waals surface area contributed by atoms with Crippen molar-refractivity contribution in [3.05, 3.63) is 53.5 Å². The van der Waals surface area contributed by atoms with Crippen LogP contribution in [0.3, 0.4) is 0 Å². The summed E-state index contributed by atoms with van der Waals surface area (Å²) < 4.78 is 5.01. The van der Waals surface area contributed by atoms with E-state index in [1.807, 2.05) is 0 Å². The van der Waals surface area contributed by atoms with Crippen molar-refractivity contribution in [2.24, 2.45) is 0 Å². The van der Waals surface area contributed by atoms with E-state index in [1.165, 1.54) is 18.5 Å². The number of hydrogen-bond acceptors (Lipinski definition) is 5. The zero-order chi connectivity index (χ0) is 16.9. The van der Waals surface area contributed by atoms with Crippen LogP contribution in [0.15, 0.2) is 47.2 Å². The molecule has 0 saturated carbocycles. The van der Waals surface area contributed by atoms with Crippen molar-refractivity contribution < 1.29 is 14.1 Å². The summed E-state index contributed by atoms with van der Waals surface area (Å²) >= 11 is 5.92. The maximum atomic E-state index is 12.0. The molecule has 0 unspecified atom stereocenters. The van der Waals surface area contributed by atoms with Crippen molar-refractivity contribution in [3.63, 3.8) is 0 Å². The Hall–Kier alpha value is -3.13. The van der Waals surface area contributed by atoms with Crippen LogP contribution in [0.1, 0.15) is 10.6 Å². The van der Waals surface area contributed by atoms with Crippen LogP contribution in [-0.4, -0.2) is 33.7 Å². The van der Waals surface area contributed by atoms with Gasteiger partial charge >= 0.3 is 0 Å². The molecule has 1 aromatic carbocycles. The van der Waals surface area contributed by atoms with Crippen LogP contribution in [0.5, 0.6) is 0 Å². The highest BCUT2D eigenvalue weighted by Crippen LogP contribution is 2.22. The zero-order valence-electron chi connectivity index (χ0n) is 12.2. The number of aromatic amines is 1. The number of H-pyrrole nitrogens is 1. The number of aromatic nitrogens is 3. The van der Waals surface area contributed by atoms with Crippen LogP contribution in [0.25, 0.3) is 11.3 Å². The summed E-state index contributed by atoms with van der Waals surface area (Å²) in [4.78, 5) is 23.7. The predicted octanol–water partition coefficient (Wildman–Crippen LogP) is 2.09. The van der Waals surface area contributed by atoms with Gasteiger partial charge in [-0.15, -0.1) is 0 Å². The van der Waals surface area contributed by atoms with Crippen LogP contribution in [0.4, 0.5) is 5.69 Å². The summed E-state index contributed by atoms with van der Waals surface area (Å²) in [5.74, 6) is -0.932. The summed E-state index contributed by atoms with van der Waals surface area (Å²) in [7, 11) is 0. The highest BCUT2D eigenvalue weighted by Gasteiger charge is 2.15. The van der Waals surface area contributed by atoms with Crippen LogP contribution >= 0.6 is 11.6 Å². The van der Waals surface area contributed by atoms with Gasteiger partial charge in [0.1, 0.15) is 5.69 Å². The summed E-state index contributed by atoms with van der Waals surface area (Å²) in [6.45, 7) is -0.211. The molecule has 8 nitrogen and oxygen atoms in total. The summed E-state index contributed by atoms with van der Waals surface area (Å²) in [5.41, 5.74) is 1.71. The van der Waals surface area contributed by atoms with E-state index in [1.54, 1.807) is 24.3 Å². The Morgan fingerprint density at radius 2 is 2.17 bits per heavy atom. The van der Waals surface area contributed by atoms with Gasteiger partial charge in [0.15, 0.2) is 0 Å². The highest BCUT2D eigenvalue weighted by molar-refractivity contribution is 6.30. The molecule has 2 heterocycles. The van der Waals surface area contributed by atoms with Crippen molar-refractivity contribution >= 4 is 29.1 Å². The number of anilines is 1. The molecule has 0 spiro atoms. The van der Waals surface area contributed by atoms with E-state index in [0.29, 0.717) is 16.4 Å². The van der Waals surface area contributed by atoms with Gasteiger partial charge in [-0.1, -0.05) is 28.9 Å². The van der Waals surface area contributed by atoms with Crippen molar-refractivity contribution in [2.45, 2.75) is 0 Å². The zero-order valence-corrected chi connectivity index (χ0v) is 13.0. The average Bonchev–Trinajstić information content (AvgIpc) is 3.24. The number of carbonyl (C=O) groups excluding carboxylic acids is 2. The Morgan fingerprint density at radius 1 is 1.29 bits per heavy atom. The largest absolute Gasteiger partial charge is 0.350 e. The molecule has 0 atom stereocenters. The van der Waals surface area contributed by atoms with Crippen LogP contribution in [-0.2, 0) is 4.79 Å². The Bertz CT molecular complexity index is 860. The number of benzene rings is 1. The van der Waals surface area contributed by atoms with E-state index in [0.717, 1.165) is 5.56 Å². The van der Waals surface area contributed by atoms with Gasteiger partial charge in [0.05, 0.1) is 18.4 Å². The average molecular weight is 346 g/mol. The van der Waals surface area contributed by atoms with Gasteiger partial charge < -0.3 is 15.2 Å². The van der Waals surface area contributed by atoms with Gasteiger partial charge in [-0.2, -0.15) is 5.10 Å². The Kier molecular flexibility index (Phi) is 4.57. The Balaban J connectivity index is 1.59. The van der Waals surface area contributed by atoms with Gasteiger partial charge in [-0.25, -0.2) is 0 Å². The molecule has 0 saturated heterocycles. The molecule has 2 amide bonds. The second kappa shape index (κ2) is 6.97. The van der Waals surface area contributed by atoms with E-state index in [9.17, 15) is 9.59 Å². The number of nitrogens with zero attached hydrogens (tertiary/aromatic N) is 2. The summed E-state index contributed by atoms with van der Waals surface area (Å²) in [5, 5.41) is 15.6. The number of hydrogen-bond donors (Lipinski definition) is 3. The van der Waals surface area contributed by atoms with Gasteiger partial charge in [0.25, 0.3) is 5.91 Å². The fourth-order valence-electron chi connectivity index (χ4n) is 1.94. The second-order valence-electron chi connectivity index (χ2n) is 4.80. The molecule has 0 bridgehead atoms. The maximum absolute atomic E-state index is 12.0. The lowest BCUT2D eigenvalue weighted by Gasteiger charge is -2.02. The van der Waals surface area contributed by atoms with E-state index < -0.39 is 5.91 Å². The number of nitrogens with one attached hydrogen (secondary N) is 3. The third-order valence-electron chi connectivity index (χ3n) is 3.05. The first-order valence-electron chi connectivity index (χ1n) is 6.91. The predicted molar refractivity (Wildman–Crippen MR) is 86.5 cm³/mol. The molecule has 9 heteroatoms. The molecule has 2 aromatic heterocycles. The van der Waals surface area contributed by atoms with Crippen molar-refractivity contribution in [3.8, 4) is 11.3 Å². The van der Waals surface area contributed by atoms with Crippen LogP contribution < -0.4 is 10.6 Å². The Labute approximate surface area is 141 Å². The molecule has 0 aliphatic carbocycles. The first-order valence-corrected chi connectivity index (χ1v) is 7.29. The molecule has 3 rings (SSSR count). The second-order valence-corrected chi connectivity index (χ2v) is 5.24. The lowest BCUT2D eigenvalue weighted by molar-refractivity contribution is -0.115. The minimum Gasteiger partial charge on any atom is -0.350 e. The van der Waals surface area contributed by atoms with E-state index in [4.69, 9.17) is 16.1 Å². The lowest BCUT2D eigenvalue weighted by Crippen LogP contribution is -2.32. The fourth-order valence-corrected chi connectivity index (χ4v) is 2.13. The van der Waals surface area contributed by atoms with Gasteiger partial charge in [-0.3, -0.25) is 14.7 Å². The van der Waals surface area contributed by atoms with Crippen LogP contribution in [0.2, 0.25) is 5.02 Å². The van der Waals surface area contributed by atoms with Gasteiger partial charge in [-0.05, 0) is 12.1 Å². The molecular weight excluding hydrogens is 334 g/mol. The molecule has 3 aromatic rings. The minimum absolute atomic E-state index is 0.00101. The first kappa shape index (κ1) is 15.8. The molecule has 3 N–H and O–H groups in total. The van der Waals surface area contributed by atoms with E-state index >= 15 is 0 Å². The quantitative estimate of drug-likeness (QED) is 0.655. The van der Waals surface area contributed by atoms with Gasteiger partial charge in [0, 0.05) is 22.8 Å². The third kappa shape index (κ3) is 3.79. The molecule has 122 valence electrons. The molecule has 0 aliphatic rings. The molecule has 24 heavy (non-hydrogen) atoms. The number of halogens is 1. The monoisotopic (exact) mass is 345 g/mol. The summed E-state index contributed by atoms with van der Waals surface area (Å²) in [6, 6.07) is 8.49. The standard InChI is InChI=1S/C15H12ClN5O3/c16-10-3-1-2-9(4-10)12-5-13(24-21-12)15(23)17-8-14(22)20-11-6-18-19-7-11/h1-7H,8H2,(H,17,23)(H,18,19)(H,20,22). The third-order valence-corrected chi connectivity index (χ3v) is 3.28. The van der Waals surface area contributed by atoms with E-state index in [2.05, 4.69) is 26.0 Å². The molecular formula is C15H12ClN5O3. The minimum atomic E-state index is -0.543. The maximum Gasteiger partial charge on any atom is 0.290 e. The fraction of sp³-hybridized carbons (Fsp3) is 0.0667. The summed E-state index contributed by atoms with van der Waals surface area (Å²) in [6.07, 6.45) is 2.97. The van der Waals surface area contributed by atoms with E-state index in [-0.39, 0.29) is 18.2 Å². The van der Waals surface area contributed by atoms with Gasteiger partial charge in [0.2, 0.25) is 11.7 Å². The number of amides is 2. The normalized spacial score (nSPS) is 10.4. The first-order chi connectivity index (χ1) is 11.6. The molecule has 0 radical (unpaired) electrons. The van der Waals surface area contributed by atoms with Crippen molar-refractivity contribution in [1.82, 2.24) is 20.7 Å². The highest BCUT2D eigenvalue weighted by atomic mass is 35.5. The topological polar surface area (TPSA) is 113 Å². The Morgan fingerprint density at radius 3 is 2.92 bits per heavy atom. The van der Waals surface area contributed by atoms with Crippen molar-refractivity contribution in [1.29, 1.82) is 0 Å². The SMILES string of the molecule is O=C(CNC(=O)c1cc(-c2cccc(Cl)c2)no1)Nc1cn[nH]c1. The smallest absolute Gasteiger partial charge is 0.290 e. The lowest BCUT2D eigenvalue weighted by atomic mass is 10.1.